The standard InChI is InChI=1S/C8H18O2S2/c1-2-11-4-3-5-12-7-8(10)6-9/h8-10H,2-7H2,1H3. The Morgan fingerprint density at radius 3 is 2.50 bits per heavy atom. The molecule has 0 heterocycles. The zero-order chi connectivity index (χ0) is 9.23. The fraction of sp³-hybridized carbons (Fsp3) is 1.00. The molecule has 0 aliphatic carbocycles. The number of hydrogen-bond donors (Lipinski definition) is 2. The summed E-state index contributed by atoms with van der Waals surface area (Å²) in [4.78, 5) is 0. The van der Waals surface area contributed by atoms with E-state index in [1.54, 1.807) is 11.8 Å². The molecule has 0 spiro atoms. The highest BCUT2D eigenvalue weighted by molar-refractivity contribution is 8.00. The minimum atomic E-state index is -0.533. The van der Waals surface area contributed by atoms with E-state index in [0.29, 0.717) is 5.75 Å². The molecule has 0 rings (SSSR count). The van der Waals surface area contributed by atoms with E-state index in [0.717, 1.165) is 5.75 Å². The number of thioether (sulfide) groups is 2. The molecule has 2 N–H and O–H groups in total. The molecule has 74 valence electrons. The molecule has 1 unspecified atom stereocenters. The first kappa shape index (κ1) is 12.6. The number of rotatable bonds is 8. The van der Waals surface area contributed by atoms with E-state index in [-0.39, 0.29) is 6.61 Å². The van der Waals surface area contributed by atoms with Gasteiger partial charge in [-0.25, -0.2) is 0 Å². The Balaban J connectivity index is 2.90. The zero-order valence-electron chi connectivity index (χ0n) is 7.53. The second-order valence-electron chi connectivity index (χ2n) is 2.46. The summed E-state index contributed by atoms with van der Waals surface area (Å²) in [5.41, 5.74) is 0. The Kier molecular flexibility index (Phi) is 10.2. The van der Waals surface area contributed by atoms with Crippen LogP contribution in [0.3, 0.4) is 0 Å². The van der Waals surface area contributed by atoms with Crippen LogP contribution in [-0.2, 0) is 0 Å². The molecule has 0 aliphatic rings. The predicted octanol–water partition coefficient (Wildman–Crippen LogP) is 1.22. The second-order valence-corrected chi connectivity index (χ2v) is 5.01. The number of hydrogen-bond acceptors (Lipinski definition) is 4. The van der Waals surface area contributed by atoms with E-state index in [1.807, 2.05) is 11.8 Å². The van der Waals surface area contributed by atoms with Crippen LogP contribution in [-0.4, -0.2) is 45.9 Å². The molecule has 0 aromatic carbocycles. The lowest BCUT2D eigenvalue weighted by molar-refractivity contribution is 0.113. The average molecular weight is 210 g/mol. The highest BCUT2D eigenvalue weighted by atomic mass is 32.2. The average Bonchev–Trinajstić information content (AvgIpc) is 2.10. The first-order valence-corrected chi connectivity index (χ1v) is 6.56. The van der Waals surface area contributed by atoms with Crippen LogP contribution in [0, 0.1) is 0 Å². The maximum Gasteiger partial charge on any atom is 0.0861 e. The van der Waals surface area contributed by atoms with Crippen molar-refractivity contribution in [3.05, 3.63) is 0 Å². The molecule has 0 radical (unpaired) electrons. The van der Waals surface area contributed by atoms with Crippen LogP contribution >= 0.6 is 23.5 Å². The lowest BCUT2D eigenvalue weighted by Gasteiger charge is -2.05. The summed E-state index contributed by atoms with van der Waals surface area (Å²) in [6, 6.07) is 0. The summed E-state index contributed by atoms with van der Waals surface area (Å²) in [5, 5.41) is 17.5. The van der Waals surface area contributed by atoms with Crippen LogP contribution in [0.2, 0.25) is 0 Å². The smallest absolute Gasteiger partial charge is 0.0861 e. The summed E-state index contributed by atoms with van der Waals surface area (Å²) >= 11 is 3.66. The molecule has 0 bridgehead atoms. The van der Waals surface area contributed by atoms with Crippen LogP contribution in [0.4, 0.5) is 0 Å². The molecule has 0 saturated heterocycles. The van der Waals surface area contributed by atoms with E-state index >= 15 is 0 Å². The molecular formula is C8H18O2S2. The van der Waals surface area contributed by atoms with Gasteiger partial charge in [-0.1, -0.05) is 6.92 Å². The van der Waals surface area contributed by atoms with Crippen molar-refractivity contribution in [2.24, 2.45) is 0 Å². The van der Waals surface area contributed by atoms with Crippen molar-refractivity contribution in [1.29, 1.82) is 0 Å². The number of aliphatic hydroxyl groups excluding tert-OH is 2. The monoisotopic (exact) mass is 210 g/mol. The van der Waals surface area contributed by atoms with E-state index < -0.39 is 6.10 Å². The SMILES string of the molecule is CCSCCCSCC(O)CO. The molecular weight excluding hydrogens is 192 g/mol. The van der Waals surface area contributed by atoms with Gasteiger partial charge in [0.2, 0.25) is 0 Å². The minimum absolute atomic E-state index is 0.114. The van der Waals surface area contributed by atoms with Gasteiger partial charge in [0, 0.05) is 5.75 Å². The Labute approximate surface area is 83.1 Å². The molecule has 0 saturated carbocycles. The topological polar surface area (TPSA) is 40.5 Å². The van der Waals surface area contributed by atoms with Gasteiger partial charge in [-0.05, 0) is 23.7 Å². The summed E-state index contributed by atoms with van der Waals surface area (Å²) in [6.45, 7) is 2.05. The van der Waals surface area contributed by atoms with Crippen LogP contribution in [0.1, 0.15) is 13.3 Å². The Hall–Kier alpha value is 0.620. The first-order chi connectivity index (χ1) is 5.81. The van der Waals surface area contributed by atoms with Crippen molar-refractivity contribution in [1.82, 2.24) is 0 Å². The van der Waals surface area contributed by atoms with Gasteiger partial charge in [0.25, 0.3) is 0 Å². The van der Waals surface area contributed by atoms with Crippen molar-refractivity contribution < 1.29 is 10.2 Å². The maximum atomic E-state index is 8.98. The summed E-state index contributed by atoms with van der Waals surface area (Å²) in [7, 11) is 0. The predicted molar refractivity (Wildman–Crippen MR) is 58.0 cm³/mol. The summed E-state index contributed by atoms with van der Waals surface area (Å²) < 4.78 is 0. The normalized spacial score (nSPS) is 13.2. The molecule has 0 aromatic rings. The van der Waals surface area contributed by atoms with Crippen LogP contribution in [0.25, 0.3) is 0 Å². The quantitative estimate of drug-likeness (QED) is 0.591. The third-order valence-corrected chi connectivity index (χ3v) is 3.49. The lowest BCUT2D eigenvalue weighted by atomic mass is 10.4. The number of aliphatic hydroxyl groups is 2. The van der Waals surface area contributed by atoms with E-state index in [4.69, 9.17) is 10.2 Å². The van der Waals surface area contributed by atoms with Crippen molar-refractivity contribution in [2.45, 2.75) is 19.4 Å². The Bertz CT molecular complexity index is 91.1. The zero-order valence-corrected chi connectivity index (χ0v) is 9.16. The molecule has 0 amide bonds. The Morgan fingerprint density at radius 2 is 1.92 bits per heavy atom. The van der Waals surface area contributed by atoms with Crippen LogP contribution in [0.5, 0.6) is 0 Å². The van der Waals surface area contributed by atoms with Gasteiger partial charge >= 0.3 is 0 Å². The van der Waals surface area contributed by atoms with Gasteiger partial charge in [-0.15, -0.1) is 0 Å². The van der Waals surface area contributed by atoms with Crippen LogP contribution < -0.4 is 0 Å². The Morgan fingerprint density at radius 1 is 1.25 bits per heavy atom. The highest BCUT2D eigenvalue weighted by Crippen LogP contribution is 2.08. The van der Waals surface area contributed by atoms with Crippen molar-refractivity contribution in [3.8, 4) is 0 Å². The van der Waals surface area contributed by atoms with Gasteiger partial charge in [0.05, 0.1) is 12.7 Å². The third-order valence-electron chi connectivity index (χ3n) is 1.30. The molecule has 0 aromatic heterocycles. The van der Waals surface area contributed by atoms with Crippen molar-refractivity contribution in [2.75, 3.05) is 29.6 Å². The molecule has 1 atom stereocenters. The molecule has 4 heteroatoms. The van der Waals surface area contributed by atoms with Gasteiger partial charge in [-0.2, -0.15) is 23.5 Å². The molecule has 0 fully saturated rings. The molecule has 2 nitrogen and oxygen atoms in total. The minimum Gasteiger partial charge on any atom is -0.394 e. The van der Waals surface area contributed by atoms with Crippen molar-refractivity contribution in [3.63, 3.8) is 0 Å². The van der Waals surface area contributed by atoms with E-state index in [2.05, 4.69) is 6.92 Å². The fourth-order valence-corrected chi connectivity index (χ4v) is 2.39. The lowest BCUT2D eigenvalue weighted by Crippen LogP contribution is -2.14. The van der Waals surface area contributed by atoms with E-state index in [1.165, 1.54) is 17.9 Å². The molecule has 0 aliphatic heterocycles. The molecule has 12 heavy (non-hydrogen) atoms. The van der Waals surface area contributed by atoms with Gasteiger partial charge in [-0.3, -0.25) is 0 Å². The fourth-order valence-electron chi connectivity index (χ4n) is 0.679. The highest BCUT2D eigenvalue weighted by Gasteiger charge is 2.00. The largest absolute Gasteiger partial charge is 0.394 e. The summed E-state index contributed by atoms with van der Waals surface area (Å²) in [6.07, 6.45) is 0.662. The maximum absolute atomic E-state index is 8.98. The van der Waals surface area contributed by atoms with Crippen molar-refractivity contribution >= 4 is 23.5 Å². The van der Waals surface area contributed by atoms with E-state index in [9.17, 15) is 0 Å². The summed E-state index contributed by atoms with van der Waals surface area (Å²) in [5.74, 6) is 4.14. The second kappa shape index (κ2) is 9.71. The van der Waals surface area contributed by atoms with Gasteiger partial charge in [0.1, 0.15) is 0 Å². The third kappa shape index (κ3) is 8.71. The van der Waals surface area contributed by atoms with Gasteiger partial charge < -0.3 is 10.2 Å². The van der Waals surface area contributed by atoms with Gasteiger partial charge in [0.15, 0.2) is 0 Å². The van der Waals surface area contributed by atoms with Crippen LogP contribution in [0.15, 0.2) is 0 Å². The first-order valence-electron chi connectivity index (χ1n) is 4.25.